The van der Waals surface area contributed by atoms with Crippen molar-refractivity contribution >= 4 is 11.8 Å². The highest BCUT2D eigenvalue weighted by molar-refractivity contribution is 5.72. The minimum atomic E-state index is -0.137. The van der Waals surface area contributed by atoms with Crippen LogP contribution in [-0.4, -0.2) is 13.1 Å². The number of benzene rings is 1. The second-order valence-corrected chi connectivity index (χ2v) is 12.2. The summed E-state index contributed by atoms with van der Waals surface area (Å²) in [5.74, 6) is 1.66. The summed E-state index contributed by atoms with van der Waals surface area (Å²) in [4.78, 5) is 2.60. The van der Waals surface area contributed by atoms with Gasteiger partial charge in [0.15, 0.2) is 0 Å². The van der Waals surface area contributed by atoms with Crippen LogP contribution < -0.4 is 4.90 Å². The molecule has 0 N–H and O–H groups in total. The number of nitriles is 1. The molecule has 0 aliphatic carbocycles. The van der Waals surface area contributed by atoms with Gasteiger partial charge in [-0.1, -0.05) is 54.5 Å². The summed E-state index contributed by atoms with van der Waals surface area (Å²) < 4.78 is 6.26. The average Bonchev–Trinajstić information content (AvgIpc) is 2.75. The van der Waals surface area contributed by atoms with Crippen LogP contribution in [0, 0.1) is 16.7 Å². The van der Waals surface area contributed by atoms with E-state index >= 15 is 0 Å². The summed E-state index contributed by atoms with van der Waals surface area (Å²) in [6.45, 7) is 20.1. The fourth-order valence-corrected chi connectivity index (χ4v) is 4.99. The van der Waals surface area contributed by atoms with Gasteiger partial charge in [-0.2, -0.15) is 5.26 Å². The average molecular weight is 443 g/mol. The number of rotatable bonds is 2. The molecule has 174 valence electrons. The van der Waals surface area contributed by atoms with E-state index in [1.54, 1.807) is 0 Å². The molecule has 0 unspecified atom stereocenters. The first-order valence-corrected chi connectivity index (χ1v) is 12.2. The standard InChI is InChI=1S/C30H38N2O/c1-20(19-31)22-17-23(33-26(18-22)28(2,3)4)10-9-21-15-24-27-25(16-21)30(7,8)12-14-32(27)13-11-29(24,5)6/h9-10,15-18H,11-14H2,1-8H3/b10-9+,22-20+. The van der Waals surface area contributed by atoms with Gasteiger partial charge in [-0.25, -0.2) is 0 Å². The zero-order valence-electron chi connectivity index (χ0n) is 21.6. The van der Waals surface area contributed by atoms with Gasteiger partial charge in [0, 0.05) is 29.8 Å². The molecule has 1 aromatic rings. The monoisotopic (exact) mass is 442 g/mol. The van der Waals surface area contributed by atoms with E-state index in [0.29, 0.717) is 5.57 Å². The molecule has 3 aliphatic rings. The lowest BCUT2D eigenvalue weighted by atomic mass is 9.69. The van der Waals surface area contributed by atoms with Crippen molar-refractivity contribution in [3.63, 3.8) is 0 Å². The molecular formula is C30H38N2O. The van der Waals surface area contributed by atoms with E-state index in [9.17, 15) is 5.26 Å². The molecule has 0 saturated carbocycles. The Morgan fingerprint density at radius 1 is 1.00 bits per heavy atom. The Hall–Kier alpha value is -2.73. The molecule has 0 atom stereocenters. The second-order valence-electron chi connectivity index (χ2n) is 12.2. The lowest BCUT2D eigenvalue weighted by Crippen LogP contribution is -2.44. The first kappa shape index (κ1) is 23.4. The van der Waals surface area contributed by atoms with Gasteiger partial charge < -0.3 is 9.64 Å². The summed E-state index contributed by atoms with van der Waals surface area (Å²) in [6.07, 6.45) is 10.6. The largest absolute Gasteiger partial charge is 0.461 e. The first-order valence-electron chi connectivity index (χ1n) is 12.2. The predicted octanol–water partition coefficient (Wildman–Crippen LogP) is 7.55. The molecule has 3 heterocycles. The first-order chi connectivity index (χ1) is 15.3. The van der Waals surface area contributed by atoms with E-state index in [2.05, 4.69) is 83.7 Å². The smallest absolute Gasteiger partial charge is 0.127 e. The molecule has 3 nitrogen and oxygen atoms in total. The van der Waals surface area contributed by atoms with Crippen LogP contribution in [0.3, 0.4) is 0 Å². The Morgan fingerprint density at radius 3 is 2.09 bits per heavy atom. The molecule has 0 bridgehead atoms. The van der Waals surface area contributed by atoms with Gasteiger partial charge in [0.2, 0.25) is 0 Å². The van der Waals surface area contributed by atoms with Gasteiger partial charge in [-0.3, -0.25) is 0 Å². The van der Waals surface area contributed by atoms with Crippen molar-refractivity contribution in [2.75, 3.05) is 18.0 Å². The van der Waals surface area contributed by atoms with Gasteiger partial charge in [-0.15, -0.1) is 0 Å². The lowest BCUT2D eigenvalue weighted by Gasteiger charge is -2.48. The van der Waals surface area contributed by atoms with E-state index < -0.39 is 0 Å². The van der Waals surface area contributed by atoms with Crippen LogP contribution in [0.25, 0.3) is 6.08 Å². The van der Waals surface area contributed by atoms with E-state index in [0.717, 1.165) is 30.2 Å². The lowest BCUT2D eigenvalue weighted by molar-refractivity contribution is 0.223. The summed E-state index contributed by atoms with van der Waals surface area (Å²) in [5, 5.41) is 9.44. The number of hydrogen-bond acceptors (Lipinski definition) is 3. The Morgan fingerprint density at radius 2 is 1.58 bits per heavy atom. The second kappa shape index (κ2) is 7.94. The normalized spacial score (nSPS) is 22.7. The highest BCUT2D eigenvalue weighted by Crippen LogP contribution is 2.49. The maximum absolute atomic E-state index is 9.44. The summed E-state index contributed by atoms with van der Waals surface area (Å²) >= 11 is 0. The molecule has 33 heavy (non-hydrogen) atoms. The number of anilines is 1. The van der Waals surface area contributed by atoms with E-state index in [1.807, 2.05) is 19.1 Å². The Labute approximate surface area is 200 Å². The Bertz CT molecular complexity index is 1100. The van der Waals surface area contributed by atoms with Gasteiger partial charge in [0.05, 0.1) is 6.07 Å². The fourth-order valence-electron chi connectivity index (χ4n) is 4.99. The predicted molar refractivity (Wildman–Crippen MR) is 138 cm³/mol. The minimum Gasteiger partial charge on any atom is -0.461 e. The van der Waals surface area contributed by atoms with E-state index in [4.69, 9.17) is 4.74 Å². The highest BCUT2D eigenvalue weighted by atomic mass is 16.5. The third-order valence-corrected chi connectivity index (χ3v) is 7.51. The zero-order chi connectivity index (χ0) is 24.2. The van der Waals surface area contributed by atoms with Crippen LogP contribution in [0.2, 0.25) is 0 Å². The van der Waals surface area contributed by atoms with E-state index in [1.165, 1.54) is 35.2 Å². The maximum Gasteiger partial charge on any atom is 0.127 e. The van der Waals surface area contributed by atoms with Crippen molar-refractivity contribution in [2.24, 2.45) is 5.41 Å². The molecule has 3 heteroatoms. The van der Waals surface area contributed by atoms with Crippen molar-refractivity contribution in [3.8, 4) is 6.07 Å². The highest BCUT2D eigenvalue weighted by Gasteiger charge is 2.39. The number of allylic oxidation sites excluding steroid dienone is 6. The van der Waals surface area contributed by atoms with Crippen molar-refractivity contribution in [1.82, 2.24) is 0 Å². The van der Waals surface area contributed by atoms with Crippen LogP contribution in [0.1, 0.15) is 84.9 Å². The summed E-state index contributed by atoms with van der Waals surface area (Å²) in [7, 11) is 0. The molecule has 0 aromatic heterocycles. The quantitative estimate of drug-likeness (QED) is 0.444. The van der Waals surface area contributed by atoms with Crippen molar-refractivity contribution in [1.29, 1.82) is 5.26 Å². The molecular weight excluding hydrogens is 404 g/mol. The molecule has 0 spiro atoms. The topological polar surface area (TPSA) is 36.3 Å². The van der Waals surface area contributed by atoms with Gasteiger partial charge in [0.1, 0.15) is 11.5 Å². The minimum absolute atomic E-state index is 0.137. The summed E-state index contributed by atoms with van der Waals surface area (Å²) in [6, 6.07) is 7.04. The van der Waals surface area contributed by atoms with E-state index in [-0.39, 0.29) is 16.2 Å². The van der Waals surface area contributed by atoms with Crippen LogP contribution in [0.4, 0.5) is 5.69 Å². The third-order valence-electron chi connectivity index (χ3n) is 7.51. The van der Waals surface area contributed by atoms with Crippen LogP contribution in [-0.2, 0) is 15.6 Å². The number of ether oxygens (including phenoxy) is 1. The van der Waals surface area contributed by atoms with Crippen molar-refractivity contribution in [3.05, 3.63) is 69.7 Å². The molecule has 0 fully saturated rings. The number of nitrogens with zero attached hydrogens (tertiary/aromatic N) is 2. The van der Waals surface area contributed by atoms with Crippen LogP contribution in [0.15, 0.2) is 53.0 Å². The third kappa shape index (κ3) is 4.41. The van der Waals surface area contributed by atoms with Crippen LogP contribution in [0.5, 0.6) is 0 Å². The molecule has 1 aromatic carbocycles. The van der Waals surface area contributed by atoms with Gasteiger partial charge >= 0.3 is 0 Å². The Kier molecular flexibility index (Phi) is 5.64. The fraction of sp³-hybridized carbons (Fsp3) is 0.500. The molecule has 0 amide bonds. The molecule has 3 aliphatic heterocycles. The van der Waals surface area contributed by atoms with Crippen molar-refractivity contribution in [2.45, 2.75) is 79.1 Å². The molecule has 0 saturated heterocycles. The SMILES string of the molecule is C/C(C#N)=C1C=C(/C=C/c2cc3c4c(c2)C(C)(C)CCN4CCC3(C)C)OC(C(C)(C)C)=C/1. The van der Waals surface area contributed by atoms with Gasteiger partial charge in [-0.05, 0) is 83.2 Å². The maximum atomic E-state index is 9.44. The molecule has 4 rings (SSSR count). The molecule has 0 radical (unpaired) electrons. The van der Waals surface area contributed by atoms with Crippen molar-refractivity contribution < 1.29 is 4.74 Å². The van der Waals surface area contributed by atoms with Gasteiger partial charge in [0.25, 0.3) is 0 Å². The Balaban J connectivity index is 1.77. The zero-order valence-corrected chi connectivity index (χ0v) is 21.6. The number of hydrogen-bond donors (Lipinski definition) is 0. The van der Waals surface area contributed by atoms with Crippen LogP contribution >= 0.6 is 0 Å². The summed E-state index contributed by atoms with van der Waals surface area (Å²) in [5.41, 5.74) is 7.44.